The van der Waals surface area contributed by atoms with E-state index in [0.29, 0.717) is 0 Å². The van der Waals surface area contributed by atoms with E-state index >= 15 is 0 Å². The van der Waals surface area contributed by atoms with Crippen LogP contribution >= 0.6 is 23.2 Å². The molecule has 1 aromatic carbocycles. The first kappa shape index (κ1) is 17.1. The summed E-state index contributed by atoms with van der Waals surface area (Å²) in [6.45, 7) is 1.16. The number of hydrogen-bond acceptors (Lipinski definition) is 3. The average molecular weight is 331 g/mol. The first-order valence-corrected chi connectivity index (χ1v) is 6.20. The molecule has 3 nitrogen and oxygen atoms in total. The van der Waals surface area contributed by atoms with Crippen LogP contribution in [0, 0.1) is 0 Å². The molecule has 0 spiro atoms. The van der Waals surface area contributed by atoms with E-state index in [4.69, 9.17) is 23.2 Å². The number of alkyl halides is 3. The summed E-state index contributed by atoms with van der Waals surface area (Å²) in [7, 11) is 0.763. The van der Waals surface area contributed by atoms with E-state index < -0.39 is 23.3 Å². The van der Waals surface area contributed by atoms with Gasteiger partial charge in [-0.25, -0.2) is 4.79 Å². The predicted molar refractivity (Wildman–Crippen MR) is 67.8 cm³/mol. The van der Waals surface area contributed by atoms with Crippen molar-refractivity contribution in [1.29, 1.82) is 0 Å². The fourth-order valence-electron chi connectivity index (χ4n) is 1.70. The van der Waals surface area contributed by atoms with Crippen LogP contribution in [0.15, 0.2) is 18.2 Å². The summed E-state index contributed by atoms with van der Waals surface area (Å²) in [6, 6.07) is 3.16. The van der Waals surface area contributed by atoms with Gasteiger partial charge in [0.1, 0.15) is 0 Å². The molecule has 1 unspecified atom stereocenters. The predicted octanol–water partition coefficient (Wildman–Crippen LogP) is 3.96. The molecular formula is C12H11Cl2F3O3. The maximum Gasteiger partial charge on any atom is 0.432 e. The number of esters is 1. The molecule has 0 N–H and O–H groups in total. The van der Waals surface area contributed by atoms with E-state index in [9.17, 15) is 18.0 Å². The number of carbonyl (C=O) groups excluding carboxylic acids is 1. The van der Waals surface area contributed by atoms with Crippen molar-refractivity contribution in [1.82, 2.24) is 0 Å². The Labute approximate surface area is 123 Å². The molecule has 0 bridgehead atoms. The number of halogens is 5. The highest BCUT2D eigenvalue weighted by Crippen LogP contribution is 2.44. The van der Waals surface area contributed by atoms with Crippen LogP contribution in [0.4, 0.5) is 13.2 Å². The zero-order chi connectivity index (χ0) is 15.6. The van der Waals surface area contributed by atoms with Gasteiger partial charge in [0.2, 0.25) is 0 Å². The Morgan fingerprint density at radius 3 is 2.05 bits per heavy atom. The lowest BCUT2D eigenvalue weighted by Gasteiger charge is -2.32. The SMILES string of the molecule is CCOC(=O)C(OC)(c1cc(Cl)cc(Cl)c1)C(F)(F)F. The fraction of sp³-hybridized carbons (Fsp3) is 0.417. The third kappa shape index (κ3) is 3.02. The van der Waals surface area contributed by atoms with Gasteiger partial charge in [0.05, 0.1) is 6.61 Å². The van der Waals surface area contributed by atoms with Gasteiger partial charge >= 0.3 is 12.1 Å². The number of benzene rings is 1. The van der Waals surface area contributed by atoms with Gasteiger partial charge in [-0.2, -0.15) is 13.2 Å². The van der Waals surface area contributed by atoms with Crippen LogP contribution in [0.2, 0.25) is 10.0 Å². The normalized spacial score (nSPS) is 14.8. The van der Waals surface area contributed by atoms with Crippen LogP contribution in [-0.4, -0.2) is 25.9 Å². The summed E-state index contributed by atoms with van der Waals surface area (Å²) in [5.41, 5.74) is -3.80. The minimum absolute atomic E-state index is 0.0533. The van der Waals surface area contributed by atoms with Gasteiger partial charge in [0, 0.05) is 22.7 Å². The van der Waals surface area contributed by atoms with Crippen LogP contribution < -0.4 is 0 Å². The van der Waals surface area contributed by atoms with Crippen molar-refractivity contribution in [3.63, 3.8) is 0 Å². The molecule has 0 fully saturated rings. The van der Waals surface area contributed by atoms with Crippen molar-refractivity contribution in [2.75, 3.05) is 13.7 Å². The molecule has 20 heavy (non-hydrogen) atoms. The standard InChI is InChI=1S/C12H11Cl2F3O3/c1-3-20-10(18)11(19-2,12(15,16)17)7-4-8(13)6-9(14)5-7/h4-6H,3H2,1-2H3. The van der Waals surface area contributed by atoms with Crippen molar-refractivity contribution in [2.24, 2.45) is 0 Å². The van der Waals surface area contributed by atoms with E-state index in [1.807, 2.05) is 0 Å². The largest absolute Gasteiger partial charge is 0.463 e. The Hall–Kier alpha value is -0.980. The number of rotatable bonds is 4. The fourth-order valence-corrected chi connectivity index (χ4v) is 2.23. The second-order valence-electron chi connectivity index (χ2n) is 3.76. The van der Waals surface area contributed by atoms with Gasteiger partial charge in [0.15, 0.2) is 0 Å². The van der Waals surface area contributed by atoms with E-state index in [1.54, 1.807) is 0 Å². The summed E-state index contributed by atoms with van der Waals surface area (Å²) in [5, 5.41) is -0.107. The van der Waals surface area contributed by atoms with Gasteiger partial charge in [-0.05, 0) is 25.1 Å². The molecule has 1 rings (SSSR count). The molecule has 112 valence electrons. The lowest BCUT2D eigenvalue weighted by Crippen LogP contribution is -2.51. The molecule has 1 atom stereocenters. The van der Waals surface area contributed by atoms with Crippen LogP contribution in [0.3, 0.4) is 0 Å². The lowest BCUT2D eigenvalue weighted by atomic mass is 9.92. The number of ether oxygens (including phenoxy) is 2. The molecule has 0 radical (unpaired) electrons. The Kier molecular flexibility index (Phi) is 5.29. The number of hydrogen-bond donors (Lipinski definition) is 0. The van der Waals surface area contributed by atoms with Crippen molar-refractivity contribution in [2.45, 2.75) is 18.7 Å². The summed E-state index contributed by atoms with van der Waals surface area (Å²) < 4.78 is 49.1. The van der Waals surface area contributed by atoms with Crippen molar-refractivity contribution in [3.8, 4) is 0 Å². The third-order valence-corrected chi connectivity index (χ3v) is 2.97. The maximum atomic E-state index is 13.4. The number of carbonyl (C=O) groups is 1. The Morgan fingerprint density at radius 2 is 1.70 bits per heavy atom. The monoisotopic (exact) mass is 330 g/mol. The van der Waals surface area contributed by atoms with Gasteiger partial charge < -0.3 is 9.47 Å². The van der Waals surface area contributed by atoms with Crippen molar-refractivity contribution in [3.05, 3.63) is 33.8 Å². The van der Waals surface area contributed by atoms with Gasteiger partial charge in [0.25, 0.3) is 5.60 Å². The van der Waals surface area contributed by atoms with Crippen LogP contribution in [0.5, 0.6) is 0 Å². The Balaban J connectivity index is 3.55. The Morgan fingerprint density at radius 1 is 1.20 bits per heavy atom. The number of methoxy groups -OCH3 is 1. The average Bonchev–Trinajstić information content (AvgIpc) is 2.27. The molecule has 0 heterocycles. The van der Waals surface area contributed by atoms with E-state index in [0.717, 1.165) is 19.2 Å². The zero-order valence-electron chi connectivity index (χ0n) is 10.6. The maximum absolute atomic E-state index is 13.4. The summed E-state index contributed by atoms with van der Waals surface area (Å²) in [6.07, 6.45) is -5.04. The molecule has 0 aliphatic carbocycles. The van der Waals surface area contributed by atoms with E-state index in [-0.39, 0.29) is 16.7 Å². The van der Waals surface area contributed by atoms with Crippen LogP contribution in [0.25, 0.3) is 0 Å². The van der Waals surface area contributed by atoms with Gasteiger partial charge in [-0.1, -0.05) is 23.2 Å². The second-order valence-corrected chi connectivity index (χ2v) is 4.63. The van der Waals surface area contributed by atoms with Gasteiger partial charge in [-0.15, -0.1) is 0 Å². The first-order valence-electron chi connectivity index (χ1n) is 5.44. The second kappa shape index (κ2) is 6.20. The molecule has 0 aromatic heterocycles. The first-order chi connectivity index (χ1) is 9.18. The summed E-state index contributed by atoms with van der Waals surface area (Å²) in [4.78, 5) is 11.8. The highest BCUT2D eigenvalue weighted by molar-refractivity contribution is 6.34. The minimum Gasteiger partial charge on any atom is -0.463 e. The highest BCUT2D eigenvalue weighted by atomic mass is 35.5. The van der Waals surface area contributed by atoms with Gasteiger partial charge in [-0.3, -0.25) is 0 Å². The molecule has 0 aliphatic rings. The van der Waals surface area contributed by atoms with E-state index in [2.05, 4.69) is 9.47 Å². The Bertz CT molecular complexity index is 485. The molecule has 0 amide bonds. The molecule has 0 saturated carbocycles. The summed E-state index contributed by atoms with van der Waals surface area (Å²) in [5.74, 6) is -1.58. The smallest absolute Gasteiger partial charge is 0.432 e. The summed E-state index contributed by atoms with van der Waals surface area (Å²) >= 11 is 11.4. The lowest BCUT2D eigenvalue weighted by molar-refractivity contribution is -0.276. The molecule has 1 aromatic rings. The molecule has 0 aliphatic heterocycles. The van der Waals surface area contributed by atoms with Crippen LogP contribution in [-0.2, 0) is 19.9 Å². The topological polar surface area (TPSA) is 35.5 Å². The quantitative estimate of drug-likeness (QED) is 0.784. The molecule has 0 saturated heterocycles. The zero-order valence-corrected chi connectivity index (χ0v) is 12.1. The van der Waals surface area contributed by atoms with Crippen molar-refractivity contribution < 1.29 is 27.4 Å². The molecular weight excluding hydrogens is 320 g/mol. The van der Waals surface area contributed by atoms with E-state index in [1.165, 1.54) is 13.0 Å². The molecule has 8 heteroatoms. The third-order valence-electron chi connectivity index (χ3n) is 2.54. The van der Waals surface area contributed by atoms with Crippen molar-refractivity contribution >= 4 is 29.2 Å². The highest BCUT2D eigenvalue weighted by Gasteiger charge is 2.64. The minimum atomic E-state index is -5.04. The van der Waals surface area contributed by atoms with Crippen LogP contribution in [0.1, 0.15) is 12.5 Å².